The lowest BCUT2D eigenvalue weighted by molar-refractivity contribution is 0.0519. The summed E-state index contributed by atoms with van der Waals surface area (Å²) in [5.41, 5.74) is 0.539. The van der Waals surface area contributed by atoms with Crippen molar-refractivity contribution in [1.29, 1.82) is 0 Å². The van der Waals surface area contributed by atoms with Crippen molar-refractivity contribution < 1.29 is 13.9 Å². The molecule has 3 rings (SSSR count). The largest absolute Gasteiger partial charge is 0.462 e. The summed E-state index contributed by atoms with van der Waals surface area (Å²) in [6.45, 7) is 3.69. The number of carbonyl (C=O) groups is 1. The first-order chi connectivity index (χ1) is 11.0. The molecular weight excluding hydrogens is 316 g/mol. The van der Waals surface area contributed by atoms with Gasteiger partial charge in [0, 0.05) is 11.4 Å². The van der Waals surface area contributed by atoms with Crippen molar-refractivity contribution >= 4 is 42.2 Å². The Labute approximate surface area is 139 Å². The fraction of sp³-hybridized carbons (Fsp3) is 0.375. The van der Waals surface area contributed by atoms with E-state index in [4.69, 9.17) is 4.74 Å². The summed E-state index contributed by atoms with van der Waals surface area (Å²) in [7, 11) is 0.530. The summed E-state index contributed by atoms with van der Waals surface area (Å²) in [5, 5.41) is 0.504. The molecule has 4 nitrogen and oxygen atoms in total. The van der Waals surface area contributed by atoms with Crippen LogP contribution in [-0.4, -0.2) is 24.4 Å². The number of fused-ring (bicyclic) bond motifs is 1. The van der Waals surface area contributed by atoms with Gasteiger partial charge in [0.15, 0.2) is 7.28 Å². The zero-order chi connectivity index (χ0) is 16.7. The summed E-state index contributed by atoms with van der Waals surface area (Å²) in [6.07, 6.45) is 1.90. The molecule has 1 aliphatic carbocycles. The van der Waals surface area contributed by atoms with Gasteiger partial charge in [0.25, 0.3) is 0 Å². The maximum Gasteiger partial charge on any atom is 0.344 e. The van der Waals surface area contributed by atoms with E-state index in [1.807, 2.05) is 11.4 Å². The number of rotatable bonds is 4. The first-order valence-electron chi connectivity index (χ1n) is 7.76. The Balaban J connectivity index is 2.39. The molecule has 0 bridgehead atoms. The zero-order valence-corrected chi connectivity index (χ0v) is 14.0. The lowest BCUT2D eigenvalue weighted by Crippen LogP contribution is -2.25. The molecule has 0 unspecified atom stereocenters. The van der Waals surface area contributed by atoms with E-state index in [2.05, 4.69) is 12.6 Å². The molecule has 1 heterocycles. The topological polar surface area (TPSA) is 48.3 Å². The summed E-state index contributed by atoms with van der Waals surface area (Å²) in [6, 6.07) is 3.11. The van der Waals surface area contributed by atoms with Crippen LogP contribution in [0.1, 0.15) is 36.2 Å². The van der Waals surface area contributed by atoms with Gasteiger partial charge >= 0.3 is 5.97 Å². The van der Waals surface area contributed by atoms with Crippen molar-refractivity contribution in [3.63, 3.8) is 0 Å². The van der Waals surface area contributed by atoms with Crippen LogP contribution in [0, 0.1) is 5.82 Å². The second-order valence-corrected chi connectivity index (χ2v) is 6.09. The maximum absolute atomic E-state index is 14.1. The predicted molar refractivity (Wildman–Crippen MR) is 92.3 cm³/mol. The van der Waals surface area contributed by atoms with Gasteiger partial charge in [0.05, 0.1) is 17.1 Å². The van der Waals surface area contributed by atoms with Crippen LogP contribution in [-0.2, 0) is 4.74 Å². The molecule has 0 amide bonds. The Kier molecular flexibility index (Phi) is 4.23. The molecule has 1 saturated carbocycles. The highest BCUT2D eigenvalue weighted by atomic mass is 32.1. The van der Waals surface area contributed by atoms with Gasteiger partial charge in [0.2, 0.25) is 5.43 Å². The molecule has 0 aliphatic heterocycles. The Morgan fingerprint density at radius 1 is 1.48 bits per heavy atom. The predicted octanol–water partition coefficient (Wildman–Crippen LogP) is 2.05. The number of benzene rings is 1. The first kappa shape index (κ1) is 16.1. The highest BCUT2D eigenvalue weighted by molar-refractivity contribution is 7.80. The van der Waals surface area contributed by atoms with E-state index in [-0.39, 0.29) is 23.6 Å². The number of pyridine rings is 1. The van der Waals surface area contributed by atoms with Gasteiger partial charge in [0.1, 0.15) is 11.4 Å². The molecule has 120 valence electrons. The monoisotopic (exact) mass is 333 g/mol. The van der Waals surface area contributed by atoms with E-state index >= 15 is 0 Å². The molecule has 0 spiro atoms. The molecule has 7 heteroatoms. The third-order valence-corrected chi connectivity index (χ3v) is 4.56. The van der Waals surface area contributed by atoms with E-state index in [0.29, 0.717) is 23.3 Å². The van der Waals surface area contributed by atoms with Crippen molar-refractivity contribution in [2.45, 2.75) is 37.7 Å². The van der Waals surface area contributed by atoms with Crippen LogP contribution in [0.4, 0.5) is 4.39 Å². The minimum atomic E-state index is -0.709. The molecule has 0 atom stereocenters. The lowest BCUT2D eigenvalue weighted by Gasteiger charge is -2.17. The molecule has 1 aromatic heterocycles. The van der Waals surface area contributed by atoms with Crippen molar-refractivity contribution in [3.8, 4) is 0 Å². The number of carbonyl (C=O) groups excluding carboxylic acids is 1. The molecule has 0 saturated heterocycles. The molecule has 1 aliphatic rings. The fourth-order valence-electron chi connectivity index (χ4n) is 2.82. The molecule has 23 heavy (non-hydrogen) atoms. The number of hydrogen-bond acceptors (Lipinski definition) is 4. The molecule has 0 N–H and O–H groups in total. The van der Waals surface area contributed by atoms with Gasteiger partial charge in [-0.05, 0) is 37.4 Å². The smallest absolute Gasteiger partial charge is 0.344 e. The van der Waals surface area contributed by atoms with Crippen LogP contribution in [0.3, 0.4) is 0 Å². The van der Waals surface area contributed by atoms with E-state index in [0.717, 1.165) is 12.8 Å². The highest BCUT2D eigenvalue weighted by Crippen LogP contribution is 2.39. The van der Waals surface area contributed by atoms with Crippen molar-refractivity contribution in [2.75, 3.05) is 6.61 Å². The van der Waals surface area contributed by atoms with E-state index in [9.17, 15) is 14.0 Å². The van der Waals surface area contributed by atoms with Gasteiger partial charge in [-0.15, -0.1) is 12.6 Å². The normalized spacial score (nSPS) is 14.1. The number of halogens is 1. The SMILES string of the molecule is CBc1cc2c(cc1F)c(=O)c(C(=O)OCC)c(S)n2C1CC1. The minimum absolute atomic E-state index is 0.113. The summed E-state index contributed by atoms with van der Waals surface area (Å²) in [4.78, 5) is 24.8. The number of thiol groups is 1. The van der Waals surface area contributed by atoms with E-state index < -0.39 is 17.2 Å². The van der Waals surface area contributed by atoms with Crippen molar-refractivity contribution in [2.24, 2.45) is 0 Å². The van der Waals surface area contributed by atoms with Crippen molar-refractivity contribution in [3.05, 3.63) is 33.7 Å². The second kappa shape index (κ2) is 6.04. The van der Waals surface area contributed by atoms with Crippen LogP contribution in [0.2, 0.25) is 6.82 Å². The molecule has 1 aromatic carbocycles. The van der Waals surface area contributed by atoms with Gasteiger partial charge < -0.3 is 9.30 Å². The van der Waals surface area contributed by atoms with Gasteiger partial charge in [-0.2, -0.15) is 0 Å². The van der Waals surface area contributed by atoms with E-state index in [1.54, 1.807) is 13.0 Å². The van der Waals surface area contributed by atoms with Crippen LogP contribution in [0.5, 0.6) is 0 Å². The Morgan fingerprint density at radius 3 is 2.74 bits per heavy atom. The number of ether oxygens (including phenoxy) is 1. The van der Waals surface area contributed by atoms with Gasteiger partial charge in [-0.3, -0.25) is 4.79 Å². The molecule has 2 aromatic rings. The van der Waals surface area contributed by atoms with Gasteiger partial charge in [-0.1, -0.05) is 6.82 Å². The molecule has 0 radical (unpaired) electrons. The maximum atomic E-state index is 14.1. The summed E-state index contributed by atoms with van der Waals surface area (Å²) < 4.78 is 21.0. The van der Waals surface area contributed by atoms with Crippen LogP contribution >= 0.6 is 12.6 Å². The third-order valence-electron chi connectivity index (χ3n) is 4.12. The van der Waals surface area contributed by atoms with Crippen LogP contribution in [0.15, 0.2) is 22.0 Å². The zero-order valence-electron chi connectivity index (χ0n) is 13.1. The average Bonchev–Trinajstić information content (AvgIpc) is 3.33. The number of nitrogens with zero attached hydrogens (tertiary/aromatic N) is 1. The van der Waals surface area contributed by atoms with Crippen molar-refractivity contribution in [1.82, 2.24) is 4.57 Å². The highest BCUT2D eigenvalue weighted by Gasteiger charge is 2.31. The Morgan fingerprint density at radius 2 is 2.17 bits per heavy atom. The number of hydrogen-bond donors (Lipinski definition) is 1. The fourth-order valence-corrected chi connectivity index (χ4v) is 3.28. The lowest BCUT2D eigenvalue weighted by atomic mass is 9.72. The molecular formula is C16H17BFNO3S. The second-order valence-electron chi connectivity index (χ2n) is 5.66. The standard InChI is InChI=1S/C16H17BFNO3S/c1-3-22-16(21)13-14(20)9-6-11(18)10(17-2)7-12(9)19(15(13)23)8-4-5-8/h6-8,17,23H,3-5H2,1-2H3. The summed E-state index contributed by atoms with van der Waals surface area (Å²) in [5.74, 6) is -1.14. The average molecular weight is 333 g/mol. The summed E-state index contributed by atoms with van der Waals surface area (Å²) >= 11 is 4.43. The Hall–Kier alpha value is -1.76. The Bertz CT molecular complexity index is 861. The number of esters is 1. The van der Waals surface area contributed by atoms with Gasteiger partial charge in [-0.25, -0.2) is 9.18 Å². The molecule has 1 fully saturated rings. The quantitative estimate of drug-likeness (QED) is 0.529. The first-order valence-corrected chi connectivity index (χ1v) is 8.21. The van der Waals surface area contributed by atoms with E-state index in [1.165, 1.54) is 6.07 Å². The van der Waals surface area contributed by atoms with Crippen LogP contribution in [0.25, 0.3) is 10.9 Å². The number of aromatic nitrogens is 1. The third kappa shape index (κ3) is 2.67. The minimum Gasteiger partial charge on any atom is -0.462 e. The van der Waals surface area contributed by atoms with Crippen LogP contribution < -0.4 is 10.9 Å².